The average molecular weight is 170 g/mol. The Kier molecular flexibility index (Phi) is 2.52. The van der Waals surface area contributed by atoms with Crippen LogP contribution in [0.25, 0.3) is 0 Å². The van der Waals surface area contributed by atoms with Crippen LogP contribution < -0.4 is 16.8 Å². The fourth-order valence-electron chi connectivity index (χ4n) is 1.69. The van der Waals surface area contributed by atoms with Crippen LogP contribution in [0.15, 0.2) is 0 Å². The average Bonchev–Trinajstić information content (AvgIpc) is 2.33. The summed E-state index contributed by atoms with van der Waals surface area (Å²) in [4.78, 5) is 10.5. The van der Waals surface area contributed by atoms with Gasteiger partial charge < -0.3 is 16.8 Å². The highest BCUT2D eigenvalue weighted by Gasteiger charge is 2.29. The number of carbonyl (C=O) groups is 1. The van der Waals surface area contributed by atoms with Crippen LogP contribution in [0, 0.1) is 11.3 Å². The van der Waals surface area contributed by atoms with Gasteiger partial charge in [-0.25, -0.2) is 4.79 Å². The molecular formula is C7H14N4O. The van der Waals surface area contributed by atoms with Crippen molar-refractivity contribution in [3.05, 3.63) is 0 Å². The quantitative estimate of drug-likeness (QED) is 0.339. The maximum absolute atomic E-state index is 10.5. The summed E-state index contributed by atoms with van der Waals surface area (Å²) >= 11 is 0. The molecule has 1 rings (SSSR count). The molecule has 1 fully saturated rings. The normalized spacial score (nSPS) is 28.3. The molecule has 0 saturated heterocycles. The molecule has 1 aliphatic carbocycles. The van der Waals surface area contributed by atoms with Gasteiger partial charge in [0.25, 0.3) is 0 Å². The summed E-state index contributed by atoms with van der Waals surface area (Å²) in [7, 11) is 0. The lowest BCUT2D eigenvalue weighted by atomic mass is 10.0. The molecule has 12 heavy (non-hydrogen) atoms. The molecule has 68 valence electrons. The molecule has 6 N–H and O–H groups in total. The maximum atomic E-state index is 10.5. The van der Waals surface area contributed by atoms with Crippen LogP contribution in [-0.4, -0.2) is 17.9 Å². The molecular weight excluding hydrogens is 156 g/mol. The predicted octanol–water partition coefficient (Wildman–Crippen LogP) is -0.241. The van der Waals surface area contributed by atoms with Crippen LogP contribution in [0.5, 0.6) is 0 Å². The first-order chi connectivity index (χ1) is 5.61. The maximum Gasteiger partial charge on any atom is 0.312 e. The molecule has 1 saturated carbocycles. The Labute approximate surface area is 71.0 Å². The van der Waals surface area contributed by atoms with E-state index in [0.717, 1.165) is 19.3 Å². The Balaban J connectivity index is 2.52. The third-order valence-corrected chi connectivity index (χ3v) is 2.24. The van der Waals surface area contributed by atoms with E-state index in [0.29, 0.717) is 0 Å². The molecule has 5 nitrogen and oxygen atoms in total. The molecule has 0 heterocycles. The topological polar surface area (TPSA) is 105 Å². The van der Waals surface area contributed by atoms with E-state index in [1.54, 1.807) is 0 Å². The minimum atomic E-state index is -0.534. The summed E-state index contributed by atoms with van der Waals surface area (Å²) in [6, 6.07) is -0.562. The number of amidine groups is 1. The molecule has 0 aromatic rings. The highest BCUT2D eigenvalue weighted by Crippen LogP contribution is 2.25. The summed E-state index contributed by atoms with van der Waals surface area (Å²) in [5.41, 5.74) is 10.3. The number of amides is 2. The van der Waals surface area contributed by atoms with Crippen LogP contribution in [0.2, 0.25) is 0 Å². The number of hydrogen-bond acceptors (Lipinski definition) is 2. The van der Waals surface area contributed by atoms with Crippen molar-refractivity contribution >= 4 is 11.9 Å². The van der Waals surface area contributed by atoms with E-state index in [4.69, 9.17) is 16.9 Å². The summed E-state index contributed by atoms with van der Waals surface area (Å²) in [6.07, 6.45) is 2.74. The zero-order valence-corrected chi connectivity index (χ0v) is 6.84. The summed E-state index contributed by atoms with van der Waals surface area (Å²) < 4.78 is 0. The van der Waals surface area contributed by atoms with Gasteiger partial charge in [-0.2, -0.15) is 0 Å². The zero-order valence-electron chi connectivity index (χ0n) is 6.84. The lowest BCUT2D eigenvalue weighted by molar-refractivity contribution is 0.244. The molecule has 0 spiro atoms. The minimum absolute atomic E-state index is 0.0162. The number of hydrogen-bond donors (Lipinski definition) is 4. The third kappa shape index (κ3) is 1.87. The Hall–Kier alpha value is -1.26. The first-order valence-corrected chi connectivity index (χ1v) is 4.01. The van der Waals surface area contributed by atoms with Crippen molar-refractivity contribution in [2.24, 2.45) is 17.4 Å². The van der Waals surface area contributed by atoms with Crippen molar-refractivity contribution in [2.45, 2.75) is 25.3 Å². The zero-order chi connectivity index (χ0) is 9.14. The Morgan fingerprint density at radius 3 is 2.58 bits per heavy atom. The lowest BCUT2D eigenvalue weighted by Gasteiger charge is -2.18. The number of nitrogens with one attached hydrogen (secondary N) is 2. The van der Waals surface area contributed by atoms with E-state index in [-0.39, 0.29) is 17.8 Å². The van der Waals surface area contributed by atoms with E-state index in [1.165, 1.54) is 0 Å². The SMILES string of the molecule is N=C(N)C1CCCC1NC(N)=O. The van der Waals surface area contributed by atoms with E-state index in [9.17, 15) is 4.79 Å². The fourth-order valence-corrected chi connectivity index (χ4v) is 1.69. The molecule has 2 amide bonds. The van der Waals surface area contributed by atoms with Gasteiger partial charge in [0.05, 0.1) is 5.84 Å². The molecule has 5 heteroatoms. The van der Waals surface area contributed by atoms with Crippen LogP contribution in [0.3, 0.4) is 0 Å². The lowest BCUT2D eigenvalue weighted by Crippen LogP contribution is -2.44. The minimum Gasteiger partial charge on any atom is -0.387 e. The second kappa shape index (κ2) is 3.42. The molecule has 0 bridgehead atoms. The van der Waals surface area contributed by atoms with Crippen molar-refractivity contribution < 1.29 is 4.79 Å². The van der Waals surface area contributed by atoms with Crippen molar-refractivity contribution in [2.75, 3.05) is 0 Å². The summed E-state index contributed by atoms with van der Waals surface area (Å²) in [5.74, 6) is 0.128. The second-order valence-corrected chi connectivity index (χ2v) is 3.11. The van der Waals surface area contributed by atoms with Crippen LogP contribution in [-0.2, 0) is 0 Å². The first-order valence-electron chi connectivity index (χ1n) is 4.01. The van der Waals surface area contributed by atoms with Gasteiger partial charge in [-0.3, -0.25) is 5.41 Å². The van der Waals surface area contributed by atoms with E-state index >= 15 is 0 Å². The van der Waals surface area contributed by atoms with Crippen molar-refractivity contribution in [3.63, 3.8) is 0 Å². The van der Waals surface area contributed by atoms with E-state index < -0.39 is 6.03 Å². The standard InChI is InChI=1S/C7H14N4O/c8-6(9)4-2-1-3-5(4)11-7(10)12/h4-5H,1-3H2,(H3,8,9)(H3,10,11,12). The smallest absolute Gasteiger partial charge is 0.312 e. The Morgan fingerprint density at radius 2 is 2.08 bits per heavy atom. The number of nitrogens with two attached hydrogens (primary N) is 2. The largest absolute Gasteiger partial charge is 0.387 e. The Bertz CT molecular complexity index is 204. The monoisotopic (exact) mass is 170 g/mol. The third-order valence-electron chi connectivity index (χ3n) is 2.24. The first kappa shape index (κ1) is 8.83. The van der Waals surface area contributed by atoms with Crippen molar-refractivity contribution in [1.82, 2.24) is 5.32 Å². The highest BCUT2D eigenvalue weighted by molar-refractivity contribution is 5.82. The van der Waals surface area contributed by atoms with Gasteiger partial charge in [0, 0.05) is 12.0 Å². The van der Waals surface area contributed by atoms with E-state index in [1.807, 2.05) is 0 Å². The number of primary amides is 1. The van der Waals surface area contributed by atoms with Crippen molar-refractivity contribution in [3.8, 4) is 0 Å². The molecule has 0 aliphatic heterocycles. The van der Waals surface area contributed by atoms with Crippen LogP contribution >= 0.6 is 0 Å². The molecule has 1 aliphatic rings. The number of carbonyl (C=O) groups excluding carboxylic acids is 1. The van der Waals surface area contributed by atoms with Gasteiger partial charge in [-0.15, -0.1) is 0 Å². The van der Waals surface area contributed by atoms with Gasteiger partial charge in [-0.05, 0) is 12.8 Å². The summed E-state index contributed by atoms with van der Waals surface area (Å²) in [5, 5.41) is 9.84. The van der Waals surface area contributed by atoms with Crippen LogP contribution in [0.4, 0.5) is 4.79 Å². The Morgan fingerprint density at radius 1 is 1.42 bits per heavy atom. The van der Waals surface area contributed by atoms with Gasteiger partial charge in [-0.1, -0.05) is 6.42 Å². The van der Waals surface area contributed by atoms with Gasteiger partial charge in [0.15, 0.2) is 0 Å². The van der Waals surface area contributed by atoms with E-state index in [2.05, 4.69) is 5.32 Å². The predicted molar refractivity (Wildman–Crippen MR) is 45.8 cm³/mol. The fraction of sp³-hybridized carbons (Fsp3) is 0.714. The molecule has 0 aromatic heterocycles. The molecule has 0 aromatic carbocycles. The second-order valence-electron chi connectivity index (χ2n) is 3.11. The van der Waals surface area contributed by atoms with Gasteiger partial charge in [0.2, 0.25) is 0 Å². The molecule has 2 atom stereocenters. The van der Waals surface area contributed by atoms with Gasteiger partial charge >= 0.3 is 6.03 Å². The number of rotatable bonds is 2. The molecule has 2 unspecified atom stereocenters. The number of urea groups is 1. The highest BCUT2D eigenvalue weighted by atomic mass is 16.2. The molecule has 0 radical (unpaired) electrons. The van der Waals surface area contributed by atoms with Crippen molar-refractivity contribution in [1.29, 1.82) is 5.41 Å². The van der Waals surface area contributed by atoms with Gasteiger partial charge in [0.1, 0.15) is 0 Å². The van der Waals surface area contributed by atoms with Crippen LogP contribution in [0.1, 0.15) is 19.3 Å². The summed E-state index contributed by atoms with van der Waals surface area (Å²) in [6.45, 7) is 0.